The predicted octanol–water partition coefficient (Wildman–Crippen LogP) is 7.65. The third-order valence-corrected chi connectivity index (χ3v) is 7.39. The summed E-state index contributed by atoms with van der Waals surface area (Å²) in [5, 5.41) is 2.74. The first-order valence-corrected chi connectivity index (χ1v) is 11.3. The molecule has 3 aliphatic rings. The van der Waals surface area contributed by atoms with E-state index in [1.54, 1.807) is 0 Å². The highest BCUT2D eigenvalue weighted by Crippen LogP contribution is 2.56. The van der Waals surface area contributed by atoms with E-state index in [-0.39, 0.29) is 0 Å². The van der Waals surface area contributed by atoms with Gasteiger partial charge in [0, 0.05) is 22.4 Å². The maximum Gasteiger partial charge on any atom is 0.0547 e. The van der Waals surface area contributed by atoms with E-state index in [2.05, 4.69) is 114 Å². The molecule has 1 atom stereocenters. The lowest BCUT2D eigenvalue weighted by Gasteiger charge is -2.20. The summed E-state index contributed by atoms with van der Waals surface area (Å²) in [4.78, 5) is 0. The maximum atomic E-state index is 2.43. The van der Waals surface area contributed by atoms with E-state index in [1.807, 2.05) is 0 Å². The van der Waals surface area contributed by atoms with Crippen molar-refractivity contribution >= 4 is 33.0 Å². The zero-order valence-corrected chi connectivity index (χ0v) is 17.4. The topological polar surface area (TPSA) is 4.93 Å². The molecule has 0 aliphatic heterocycles. The molecule has 0 amide bonds. The molecule has 0 saturated heterocycles. The van der Waals surface area contributed by atoms with Crippen LogP contribution >= 0.6 is 0 Å². The van der Waals surface area contributed by atoms with Gasteiger partial charge in [0.15, 0.2) is 0 Å². The summed E-state index contributed by atoms with van der Waals surface area (Å²) in [5.74, 6) is 0.331. The highest BCUT2D eigenvalue weighted by Gasteiger charge is 2.37. The van der Waals surface area contributed by atoms with Crippen LogP contribution in [-0.2, 0) is 0 Å². The minimum absolute atomic E-state index is 0.331. The summed E-state index contributed by atoms with van der Waals surface area (Å²) >= 11 is 0. The van der Waals surface area contributed by atoms with Gasteiger partial charge in [0.2, 0.25) is 0 Å². The lowest BCUT2D eigenvalue weighted by atomic mass is 9.83. The Balaban J connectivity index is 1.63. The van der Waals surface area contributed by atoms with Crippen molar-refractivity contribution in [2.75, 3.05) is 0 Å². The van der Waals surface area contributed by atoms with E-state index in [4.69, 9.17) is 0 Å². The van der Waals surface area contributed by atoms with Gasteiger partial charge in [0.25, 0.3) is 0 Å². The fourth-order valence-electron chi connectivity index (χ4n) is 6.23. The van der Waals surface area contributed by atoms with Crippen LogP contribution in [0.4, 0.5) is 0 Å². The number of hydrogen-bond acceptors (Lipinski definition) is 0. The van der Waals surface area contributed by atoms with Crippen molar-refractivity contribution in [1.82, 2.24) is 4.57 Å². The van der Waals surface area contributed by atoms with E-state index >= 15 is 0 Å². The van der Waals surface area contributed by atoms with Crippen molar-refractivity contribution in [2.45, 2.75) is 5.92 Å². The summed E-state index contributed by atoms with van der Waals surface area (Å²) in [7, 11) is 0. The highest BCUT2D eigenvalue weighted by atomic mass is 15.0. The van der Waals surface area contributed by atoms with Crippen LogP contribution in [0.2, 0.25) is 0 Å². The average Bonchev–Trinajstić information content (AvgIpc) is 3.33. The van der Waals surface area contributed by atoms with E-state index in [9.17, 15) is 0 Å². The first-order chi connectivity index (χ1) is 15.9. The van der Waals surface area contributed by atoms with Crippen LogP contribution in [0.1, 0.15) is 28.2 Å². The molecule has 1 heterocycles. The van der Waals surface area contributed by atoms with Crippen molar-refractivity contribution in [1.29, 1.82) is 0 Å². The van der Waals surface area contributed by atoms with Gasteiger partial charge >= 0.3 is 0 Å². The minimum atomic E-state index is 0.331. The Morgan fingerprint density at radius 2 is 1.28 bits per heavy atom. The van der Waals surface area contributed by atoms with Crippen LogP contribution < -0.4 is 0 Å². The van der Waals surface area contributed by atoms with E-state index in [1.165, 1.54) is 66.5 Å². The monoisotopic (exact) mass is 405 g/mol. The van der Waals surface area contributed by atoms with Crippen molar-refractivity contribution in [3.8, 4) is 5.69 Å². The molecule has 148 valence electrons. The van der Waals surface area contributed by atoms with Gasteiger partial charge in [-0.3, -0.25) is 0 Å². The Bertz CT molecular complexity index is 1710. The molecular formula is C31H19N. The number of nitrogens with zero attached hydrogens (tertiary/aromatic N) is 1. The molecule has 32 heavy (non-hydrogen) atoms. The molecule has 8 rings (SSSR count). The van der Waals surface area contributed by atoms with Gasteiger partial charge in [0.1, 0.15) is 0 Å². The fourth-order valence-corrected chi connectivity index (χ4v) is 6.23. The largest absolute Gasteiger partial charge is 0.309 e. The molecule has 0 spiro atoms. The molecule has 3 aliphatic carbocycles. The second kappa shape index (κ2) is 5.77. The van der Waals surface area contributed by atoms with Gasteiger partial charge in [-0.15, -0.1) is 0 Å². The van der Waals surface area contributed by atoms with Gasteiger partial charge in [-0.2, -0.15) is 0 Å². The van der Waals surface area contributed by atoms with Crippen LogP contribution in [-0.4, -0.2) is 4.57 Å². The van der Waals surface area contributed by atoms with Crippen molar-refractivity contribution in [2.24, 2.45) is 0 Å². The molecule has 0 bridgehead atoms. The van der Waals surface area contributed by atoms with Crippen LogP contribution in [0.3, 0.4) is 0 Å². The smallest absolute Gasteiger partial charge is 0.0547 e. The van der Waals surface area contributed by atoms with Gasteiger partial charge in [-0.25, -0.2) is 0 Å². The van der Waals surface area contributed by atoms with Gasteiger partial charge < -0.3 is 4.57 Å². The Labute approximate surface area is 186 Å². The molecule has 4 aromatic carbocycles. The Morgan fingerprint density at radius 1 is 0.594 bits per heavy atom. The number of benzene rings is 4. The SMILES string of the molecule is C1=CC2C3=C(c4ccccc42)c2cccc4c2c2c(cccc2n4-c2ccccc2)C3=C1. The molecule has 0 fully saturated rings. The molecule has 0 saturated carbocycles. The van der Waals surface area contributed by atoms with Crippen LogP contribution in [0.15, 0.2) is 115 Å². The molecule has 1 nitrogen and oxygen atoms in total. The lowest BCUT2D eigenvalue weighted by molar-refractivity contribution is 1.06. The summed E-state index contributed by atoms with van der Waals surface area (Å²) in [6, 6.07) is 33.4. The molecule has 0 N–H and O–H groups in total. The molecular weight excluding hydrogens is 386 g/mol. The lowest BCUT2D eigenvalue weighted by Crippen LogP contribution is -2.02. The molecule has 1 heteroatoms. The van der Waals surface area contributed by atoms with Gasteiger partial charge in [-0.05, 0) is 63.2 Å². The normalized spacial score (nSPS) is 17.6. The number of allylic oxidation sites excluding steroid dienone is 5. The van der Waals surface area contributed by atoms with E-state index in [0.29, 0.717) is 5.92 Å². The number of para-hydroxylation sites is 1. The highest BCUT2D eigenvalue weighted by molar-refractivity contribution is 6.23. The fraction of sp³-hybridized carbons (Fsp3) is 0.0323. The summed E-state index contributed by atoms with van der Waals surface area (Å²) in [6.07, 6.45) is 6.94. The van der Waals surface area contributed by atoms with Gasteiger partial charge in [-0.1, -0.05) is 85.0 Å². The molecule has 1 aromatic heterocycles. The van der Waals surface area contributed by atoms with E-state index in [0.717, 1.165) is 0 Å². The first-order valence-electron chi connectivity index (χ1n) is 11.3. The first kappa shape index (κ1) is 16.6. The summed E-state index contributed by atoms with van der Waals surface area (Å²) in [6.45, 7) is 0. The Morgan fingerprint density at radius 3 is 2.12 bits per heavy atom. The number of rotatable bonds is 1. The Kier molecular flexibility index (Phi) is 2.99. The number of aromatic nitrogens is 1. The van der Waals surface area contributed by atoms with Gasteiger partial charge in [0.05, 0.1) is 11.0 Å². The zero-order chi connectivity index (χ0) is 20.8. The number of fused-ring (bicyclic) bond motifs is 5. The summed E-state index contributed by atoms with van der Waals surface area (Å²) < 4.78 is 2.43. The predicted molar refractivity (Wildman–Crippen MR) is 133 cm³/mol. The Hall–Kier alpha value is -4.10. The van der Waals surface area contributed by atoms with Crippen LogP contribution in [0.25, 0.3) is 38.6 Å². The number of hydrogen-bond donors (Lipinski definition) is 0. The van der Waals surface area contributed by atoms with Crippen LogP contribution in [0.5, 0.6) is 0 Å². The molecule has 5 aromatic rings. The molecule has 0 radical (unpaired) electrons. The minimum Gasteiger partial charge on any atom is -0.309 e. The third-order valence-electron chi connectivity index (χ3n) is 7.39. The maximum absolute atomic E-state index is 2.43. The van der Waals surface area contributed by atoms with E-state index < -0.39 is 0 Å². The zero-order valence-electron chi connectivity index (χ0n) is 17.4. The van der Waals surface area contributed by atoms with Crippen molar-refractivity contribution < 1.29 is 0 Å². The van der Waals surface area contributed by atoms with Crippen LogP contribution in [0, 0.1) is 0 Å². The quantitative estimate of drug-likeness (QED) is 0.270. The molecule has 1 unspecified atom stereocenters. The standard InChI is InChI=1S/C31H19N/c1-2-9-19(10-3-1)32-26-17-7-15-24-23-14-6-13-22-20-11-4-5-12-21(20)29(28(22)23)25-16-8-18-27(32)31(25)30(24)26/h1-18,22H. The second-order valence-corrected chi connectivity index (χ2v) is 8.89. The van der Waals surface area contributed by atoms with Crippen molar-refractivity contribution in [3.05, 3.63) is 137 Å². The second-order valence-electron chi connectivity index (χ2n) is 8.89. The third kappa shape index (κ3) is 1.86. The average molecular weight is 406 g/mol. The van der Waals surface area contributed by atoms with Crippen molar-refractivity contribution in [3.63, 3.8) is 0 Å². The summed E-state index contributed by atoms with van der Waals surface area (Å²) in [5.41, 5.74) is 13.5.